The standard InChI is InChI=1S/C13H17N3O3/c1-8-6-11(12(16(18)19)7-9(8)2)15-13(17)10-4-3-5-14-10/h6-7,10,14H,3-5H2,1-2H3,(H,15,17). The van der Waals surface area contributed by atoms with Crippen molar-refractivity contribution >= 4 is 17.3 Å². The van der Waals surface area contributed by atoms with Gasteiger partial charge in [0.1, 0.15) is 5.69 Å². The van der Waals surface area contributed by atoms with Crippen LogP contribution in [0, 0.1) is 24.0 Å². The predicted molar refractivity (Wildman–Crippen MR) is 72.2 cm³/mol. The third kappa shape index (κ3) is 2.90. The first-order valence-electron chi connectivity index (χ1n) is 6.29. The van der Waals surface area contributed by atoms with Crippen LogP contribution >= 0.6 is 0 Å². The number of hydrogen-bond donors (Lipinski definition) is 2. The van der Waals surface area contributed by atoms with Crippen LogP contribution in [0.15, 0.2) is 12.1 Å². The second-order valence-corrected chi connectivity index (χ2v) is 4.85. The van der Waals surface area contributed by atoms with Crippen LogP contribution in [-0.2, 0) is 4.79 Å². The molecule has 0 radical (unpaired) electrons. The number of nitro benzene ring substituents is 1. The Morgan fingerprint density at radius 2 is 2.11 bits per heavy atom. The van der Waals surface area contributed by atoms with Crippen LogP contribution < -0.4 is 10.6 Å². The molecule has 1 unspecified atom stereocenters. The second kappa shape index (κ2) is 5.36. The highest BCUT2D eigenvalue weighted by molar-refractivity contribution is 5.97. The zero-order valence-corrected chi connectivity index (χ0v) is 11.0. The Morgan fingerprint density at radius 3 is 2.68 bits per heavy atom. The molecule has 0 aliphatic carbocycles. The van der Waals surface area contributed by atoms with Gasteiger partial charge in [0.25, 0.3) is 5.69 Å². The van der Waals surface area contributed by atoms with E-state index in [1.54, 1.807) is 6.07 Å². The van der Waals surface area contributed by atoms with Gasteiger partial charge in [-0.25, -0.2) is 0 Å². The third-order valence-corrected chi connectivity index (χ3v) is 3.44. The van der Waals surface area contributed by atoms with E-state index in [-0.39, 0.29) is 23.3 Å². The van der Waals surface area contributed by atoms with Gasteiger partial charge in [-0.05, 0) is 50.4 Å². The SMILES string of the molecule is Cc1cc(NC(=O)C2CCCN2)c([N+](=O)[O-])cc1C. The second-order valence-electron chi connectivity index (χ2n) is 4.85. The molecule has 1 aliphatic rings. The van der Waals surface area contributed by atoms with Crippen molar-refractivity contribution in [1.82, 2.24) is 5.32 Å². The molecule has 0 aromatic heterocycles. The normalized spacial score (nSPS) is 18.3. The average Bonchev–Trinajstić information content (AvgIpc) is 2.86. The Morgan fingerprint density at radius 1 is 1.42 bits per heavy atom. The predicted octanol–water partition coefficient (Wildman–Crippen LogP) is 1.90. The molecule has 0 saturated carbocycles. The molecule has 19 heavy (non-hydrogen) atoms. The smallest absolute Gasteiger partial charge is 0.293 e. The molecule has 1 aromatic rings. The van der Waals surface area contributed by atoms with E-state index < -0.39 is 4.92 Å². The van der Waals surface area contributed by atoms with Gasteiger partial charge in [0.05, 0.1) is 11.0 Å². The van der Waals surface area contributed by atoms with E-state index in [9.17, 15) is 14.9 Å². The van der Waals surface area contributed by atoms with Gasteiger partial charge < -0.3 is 10.6 Å². The lowest BCUT2D eigenvalue weighted by atomic mass is 10.1. The van der Waals surface area contributed by atoms with E-state index in [0.717, 1.165) is 30.5 Å². The van der Waals surface area contributed by atoms with Crippen molar-refractivity contribution < 1.29 is 9.72 Å². The molecular weight excluding hydrogens is 246 g/mol. The minimum absolute atomic E-state index is 0.0607. The van der Waals surface area contributed by atoms with Gasteiger partial charge in [-0.15, -0.1) is 0 Å². The summed E-state index contributed by atoms with van der Waals surface area (Å²) in [7, 11) is 0. The first-order valence-corrected chi connectivity index (χ1v) is 6.29. The van der Waals surface area contributed by atoms with E-state index >= 15 is 0 Å². The first-order chi connectivity index (χ1) is 8.99. The van der Waals surface area contributed by atoms with Crippen LogP contribution in [0.25, 0.3) is 0 Å². The molecule has 1 amide bonds. The van der Waals surface area contributed by atoms with Crippen LogP contribution in [0.4, 0.5) is 11.4 Å². The van der Waals surface area contributed by atoms with Gasteiger partial charge in [0, 0.05) is 6.07 Å². The van der Waals surface area contributed by atoms with Crippen LogP contribution in [0.2, 0.25) is 0 Å². The van der Waals surface area contributed by atoms with E-state index in [0.29, 0.717) is 0 Å². The number of carbonyl (C=O) groups is 1. The van der Waals surface area contributed by atoms with Crippen LogP contribution in [-0.4, -0.2) is 23.4 Å². The summed E-state index contributed by atoms with van der Waals surface area (Å²) < 4.78 is 0. The van der Waals surface area contributed by atoms with Gasteiger partial charge in [-0.1, -0.05) is 0 Å². The van der Waals surface area contributed by atoms with E-state index in [1.165, 1.54) is 6.07 Å². The minimum Gasteiger partial charge on any atom is -0.319 e. The number of nitro groups is 1. The van der Waals surface area contributed by atoms with Crippen LogP contribution in [0.3, 0.4) is 0 Å². The number of amides is 1. The Bertz CT molecular complexity index is 522. The van der Waals surface area contributed by atoms with Crippen LogP contribution in [0.5, 0.6) is 0 Å². The van der Waals surface area contributed by atoms with Gasteiger partial charge in [0.15, 0.2) is 0 Å². The largest absolute Gasteiger partial charge is 0.319 e. The lowest BCUT2D eigenvalue weighted by molar-refractivity contribution is -0.384. The lowest BCUT2D eigenvalue weighted by Gasteiger charge is -2.12. The topological polar surface area (TPSA) is 84.3 Å². The zero-order valence-electron chi connectivity index (χ0n) is 11.0. The number of hydrogen-bond acceptors (Lipinski definition) is 4. The molecule has 0 spiro atoms. The Kier molecular flexibility index (Phi) is 3.80. The molecule has 1 fully saturated rings. The number of carbonyl (C=O) groups excluding carboxylic acids is 1. The number of aryl methyl sites for hydroxylation is 2. The fourth-order valence-corrected chi connectivity index (χ4v) is 2.18. The minimum atomic E-state index is -0.468. The van der Waals surface area contributed by atoms with Crippen molar-refractivity contribution in [2.75, 3.05) is 11.9 Å². The number of rotatable bonds is 3. The number of benzene rings is 1. The maximum atomic E-state index is 12.0. The summed E-state index contributed by atoms with van der Waals surface area (Å²) in [4.78, 5) is 22.5. The summed E-state index contributed by atoms with van der Waals surface area (Å²) in [5.41, 5.74) is 1.96. The third-order valence-electron chi connectivity index (χ3n) is 3.44. The molecular formula is C13H17N3O3. The molecule has 1 heterocycles. The monoisotopic (exact) mass is 263 g/mol. The molecule has 1 atom stereocenters. The molecule has 1 aliphatic heterocycles. The Balaban J connectivity index is 2.25. The van der Waals surface area contributed by atoms with Gasteiger partial charge in [0.2, 0.25) is 5.91 Å². The maximum absolute atomic E-state index is 12.0. The number of nitrogens with one attached hydrogen (secondary N) is 2. The van der Waals surface area contributed by atoms with E-state index in [2.05, 4.69) is 10.6 Å². The maximum Gasteiger partial charge on any atom is 0.293 e. The molecule has 1 saturated heterocycles. The molecule has 6 heteroatoms. The lowest BCUT2D eigenvalue weighted by Crippen LogP contribution is -2.35. The summed E-state index contributed by atoms with van der Waals surface area (Å²) in [6, 6.07) is 2.90. The van der Waals surface area contributed by atoms with Gasteiger partial charge in [-0.2, -0.15) is 0 Å². The van der Waals surface area contributed by atoms with Gasteiger partial charge >= 0.3 is 0 Å². The van der Waals surface area contributed by atoms with Crippen molar-refractivity contribution in [2.24, 2.45) is 0 Å². The number of nitrogens with zero attached hydrogens (tertiary/aromatic N) is 1. The summed E-state index contributed by atoms with van der Waals surface area (Å²) in [6.45, 7) is 4.49. The van der Waals surface area contributed by atoms with E-state index in [4.69, 9.17) is 0 Å². The molecule has 6 nitrogen and oxygen atoms in total. The molecule has 2 rings (SSSR count). The van der Waals surface area contributed by atoms with Crippen molar-refractivity contribution in [3.8, 4) is 0 Å². The van der Waals surface area contributed by atoms with Crippen LogP contribution in [0.1, 0.15) is 24.0 Å². The molecule has 2 N–H and O–H groups in total. The van der Waals surface area contributed by atoms with Crippen molar-refractivity contribution in [1.29, 1.82) is 0 Å². The van der Waals surface area contributed by atoms with Crippen molar-refractivity contribution in [3.63, 3.8) is 0 Å². The molecule has 0 bridgehead atoms. The summed E-state index contributed by atoms with van der Waals surface area (Å²) >= 11 is 0. The van der Waals surface area contributed by atoms with E-state index in [1.807, 2.05) is 13.8 Å². The summed E-state index contributed by atoms with van der Waals surface area (Å²) in [5.74, 6) is -0.205. The quantitative estimate of drug-likeness (QED) is 0.644. The highest BCUT2D eigenvalue weighted by Crippen LogP contribution is 2.28. The highest BCUT2D eigenvalue weighted by atomic mass is 16.6. The zero-order chi connectivity index (χ0) is 14.0. The number of anilines is 1. The average molecular weight is 263 g/mol. The fraction of sp³-hybridized carbons (Fsp3) is 0.462. The summed E-state index contributed by atoms with van der Waals surface area (Å²) in [6.07, 6.45) is 1.72. The molecule has 102 valence electrons. The van der Waals surface area contributed by atoms with Crippen molar-refractivity contribution in [2.45, 2.75) is 32.7 Å². The Labute approximate surface area is 111 Å². The molecule has 1 aromatic carbocycles. The first kappa shape index (κ1) is 13.5. The van der Waals surface area contributed by atoms with Gasteiger partial charge in [-0.3, -0.25) is 14.9 Å². The highest BCUT2D eigenvalue weighted by Gasteiger charge is 2.24. The fourth-order valence-electron chi connectivity index (χ4n) is 2.18. The van der Waals surface area contributed by atoms with Crippen molar-refractivity contribution in [3.05, 3.63) is 33.4 Å². The summed E-state index contributed by atoms with van der Waals surface area (Å²) in [5, 5.41) is 16.8. The Hall–Kier alpha value is -1.95.